The lowest BCUT2D eigenvalue weighted by molar-refractivity contribution is -0.143. The Balaban J connectivity index is 1.36. The molecule has 2 N–H and O–H groups in total. The molecule has 4 fully saturated rings. The molecular formula is C16H24N4O3. The lowest BCUT2D eigenvalue weighted by Gasteiger charge is -2.47. The second kappa shape index (κ2) is 5.39. The maximum atomic E-state index is 12.5. The predicted octanol–water partition coefficient (Wildman–Crippen LogP) is 0.0614. The molecule has 3 heterocycles. The Morgan fingerprint density at radius 3 is 2.48 bits per heavy atom. The molecule has 126 valence electrons. The van der Waals surface area contributed by atoms with Gasteiger partial charge in [-0.2, -0.15) is 0 Å². The molecule has 0 aromatic heterocycles. The van der Waals surface area contributed by atoms with Gasteiger partial charge >= 0.3 is 6.03 Å². The van der Waals surface area contributed by atoms with Gasteiger partial charge in [-0.1, -0.05) is 0 Å². The number of amides is 4. The smallest absolute Gasteiger partial charge is 0.315 e. The molecule has 0 radical (unpaired) electrons. The zero-order valence-corrected chi connectivity index (χ0v) is 13.3. The highest BCUT2D eigenvalue weighted by molar-refractivity contribution is 5.90. The third-order valence-electron chi connectivity index (χ3n) is 5.89. The largest absolute Gasteiger partial charge is 0.341 e. The van der Waals surface area contributed by atoms with E-state index in [-0.39, 0.29) is 17.4 Å². The van der Waals surface area contributed by atoms with Crippen LogP contribution >= 0.6 is 0 Å². The van der Waals surface area contributed by atoms with Crippen molar-refractivity contribution in [3.8, 4) is 0 Å². The summed E-state index contributed by atoms with van der Waals surface area (Å²) >= 11 is 0. The van der Waals surface area contributed by atoms with Gasteiger partial charge in [0.2, 0.25) is 11.8 Å². The van der Waals surface area contributed by atoms with E-state index in [1.54, 1.807) is 0 Å². The van der Waals surface area contributed by atoms with Gasteiger partial charge in [-0.25, -0.2) is 4.79 Å². The Labute approximate surface area is 135 Å². The van der Waals surface area contributed by atoms with Crippen molar-refractivity contribution in [2.24, 2.45) is 5.41 Å². The molecule has 23 heavy (non-hydrogen) atoms. The number of piperidine rings is 2. The number of hydrogen-bond donors (Lipinski definition) is 2. The van der Waals surface area contributed by atoms with Crippen molar-refractivity contribution in [2.75, 3.05) is 26.2 Å². The van der Waals surface area contributed by atoms with Gasteiger partial charge in [0.05, 0.1) is 0 Å². The number of carbonyl (C=O) groups excluding carboxylic acids is 3. The van der Waals surface area contributed by atoms with Crippen LogP contribution in [0.3, 0.4) is 0 Å². The van der Waals surface area contributed by atoms with Crippen LogP contribution in [-0.2, 0) is 9.59 Å². The first-order valence-electron chi connectivity index (χ1n) is 8.69. The van der Waals surface area contributed by atoms with Crippen LogP contribution in [0.25, 0.3) is 0 Å². The summed E-state index contributed by atoms with van der Waals surface area (Å²) in [6.07, 6.45) is 5.85. The third kappa shape index (κ3) is 2.77. The number of carbonyl (C=O) groups is 3. The first-order valence-corrected chi connectivity index (χ1v) is 8.69. The van der Waals surface area contributed by atoms with Gasteiger partial charge in [0.25, 0.3) is 0 Å². The minimum atomic E-state index is -0.424. The lowest BCUT2D eigenvalue weighted by atomic mass is 9.72. The summed E-state index contributed by atoms with van der Waals surface area (Å²) < 4.78 is 0. The van der Waals surface area contributed by atoms with Crippen LogP contribution in [0.1, 0.15) is 38.5 Å². The number of nitrogens with zero attached hydrogens (tertiary/aromatic N) is 2. The second-order valence-corrected chi connectivity index (χ2v) is 7.49. The van der Waals surface area contributed by atoms with Gasteiger partial charge in [-0.3, -0.25) is 9.59 Å². The van der Waals surface area contributed by atoms with Crippen LogP contribution in [0.5, 0.6) is 0 Å². The summed E-state index contributed by atoms with van der Waals surface area (Å²) in [5.41, 5.74) is 0.199. The minimum absolute atomic E-state index is 0.0177. The number of rotatable bonds is 2. The van der Waals surface area contributed by atoms with Crippen molar-refractivity contribution in [3.05, 3.63) is 0 Å². The predicted molar refractivity (Wildman–Crippen MR) is 82.5 cm³/mol. The second-order valence-electron chi connectivity index (χ2n) is 7.49. The zero-order valence-electron chi connectivity index (χ0n) is 13.3. The number of urea groups is 1. The van der Waals surface area contributed by atoms with Crippen molar-refractivity contribution in [1.82, 2.24) is 20.4 Å². The molecule has 3 aliphatic heterocycles. The van der Waals surface area contributed by atoms with Gasteiger partial charge in [0.15, 0.2) is 0 Å². The molecule has 0 aromatic rings. The third-order valence-corrected chi connectivity index (χ3v) is 5.89. The Morgan fingerprint density at radius 2 is 1.87 bits per heavy atom. The summed E-state index contributed by atoms with van der Waals surface area (Å²) in [4.78, 5) is 39.7. The average Bonchev–Trinajstić information content (AvgIpc) is 3.31. The van der Waals surface area contributed by atoms with E-state index in [1.807, 2.05) is 4.90 Å². The summed E-state index contributed by atoms with van der Waals surface area (Å²) in [6.45, 7) is 2.72. The number of nitrogens with one attached hydrogen (secondary N) is 2. The molecule has 3 saturated heterocycles. The van der Waals surface area contributed by atoms with Crippen LogP contribution in [0.2, 0.25) is 0 Å². The van der Waals surface area contributed by atoms with E-state index in [1.165, 1.54) is 0 Å². The van der Waals surface area contributed by atoms with Gasteiger partial charge < -0.3 is 20.4 Å². The molecule has 1 saturated carbocycles. The van der Waals surface area contributed by atoms with Crippen molar-refractivity contribution >= 4 is 17.8 Å². The number of likely N-dealkylation sites (tertiary alicyclic amines) is 2. The fourth-order valence-electron chi connectivity index (χ4n) is 4.20. The van der Waals surface area contributed by atoms with E-state index >= 15 is 0 Å². The van der Waals surface area contributed by atoms with E-state index < -0.39 is 6.04 Å². The maximum absolute atomic E-state index is 12.5. The van der Waals surface area contributed by atoms with E-state index in [4.69, 9.17) is 0 Å². The van der Waals surface area contributed by atoms with E-state index in [0.717, 1.165) is 51.7 Å². The Bertz CT molecular complexity index is 537. The topological polar surface area (TPSA) is 81.8 Å². The monoisotopic (exact) mass is 320 g/mol. The minimum Gasteiger partial charge on any atom is -0.341 e. The van der Waals surface area contributed by atoms with Crippen molar-refractivity contribution < 1.29 is 14.4 Å². The van der Waals surface area contributed by atoms with Crippen LogP contribution in [0, 0.1) is 5.41 Å². The summed E-state index contributed by atoms with van der Waals surface area (Å²) in [5, 5.41) is 5.30. The lowest BCUT2D eigenvalue weighted by Crippen LogP contribution is -2.55. The highest BCUT2D eigenvalue weighted by Crippen LogP contribution is 2.43. The fourth-order valence-corrected chi connectivity index (χ4v) is 4.20. The molecule has 0 aromatic carbocycles. The average molecular weight is 320 g/mol. The van der Waals surface area contributed by atoms with Gasteiger partial charge in [0, 0.05) is 38.6 Å². The molecule has 4 amide bonds. The van der Waals surface area contributed by atoms with Crippen LogP contribution < -0.4 is 10.6 Å². The van der Waals surface area contributed by atoms with Gasteiger partial charge in [0.1, 0.15) is 6.04 Å². The van der Waals surface area contributed by atoms with E-state index in [2.05, 4.69) is 15.5 Å². The van der Waals surface area contributed by atoms with E-state index in [9.17, 15) is 14.4 Å². The van der Waals surface area contributed by atoms with Crippen LogP contribution in [0.15, 0.2) is 0 Å². The van der Waals surface area contributed by atoms with E-state index in [0.29, 0.717) is 24.9 Å². The summed E-state index contributed by atoms with van der Waals surface area (Å²) in [7, 11) is 0. The molecule has 7 nitrogen and oxygen atoms in total. The highest BCUT2D eigenvalue weighted by atomic mass is 16.2. The number of hydrogen-bond acceptors (Lipinski definition) is 3. The molecule has 0 bridgehead atoms. The van der Waals surface area contributed by atoms with Crippen LogP contribution in [-0.4, -0.2) is 65.9 Å². The highest BCUT2D eigenvalue weighted by Gasteiger charge is 2.46. The van der Waals surface area contributed by atoms with Gasteiger partial charge in [-0.05, 0) is 37.5 Å². The first kappa shape index (κ1) is 14.8. The molecular weight excluding hydrogens is 296 g/mol. The Hall–Kier alpha value is -1.79. The molecule has 1 aliphatic carbocycles. The SMILES string of the molecule is O=C1NCC(C(=O)N2CCC3(CCC(=O)N(C4CC4)C3)CC2)N1. The Morgan fingerprint density at radius 1 is 1.13 bits per heavy atom. The zero-order chi connectivity index (χ0) is 16.0. The molecule has 1 unspecified atom stereocenters. The Kier molecular flexibility index (Phi) is 3.46. The molecule has 7 heteroatoms. The summed E-state index contributed by atoms with van der Waals surface area (Å²) in [5.74, 6) is 0.334. The maximum Gasteiger partial charge on any atom is 0.315 e. The molecule has 1 atom stereocenters. The fraction of sp³-hybridized carbons (Fsp3) is 0.812. The van der Waals surface area contributed by atoms with Gasteiger partial charge in [-0.15, -0.1) is 0 Å². The van der Waals surface area contributed by atoms with Crippen molar-refractivity contribution in [3.63, 3.8) is 0 Å². The summed E-state index contributed by atoms with van der Waals surface area (Å²) in [6, 6.07) is -0.200. The normalized spacial score (nSPS) is 30.3. The standard InChI is InChI=1S/C16H24N4O3/c21-13-3-4-16(10-20(13)11-1-2-11)5-7-19(8-6-16)14(22)12-9-17-15(23)18-12/h11-12H,1-10H2,(H2,17,18,23). The van der Waals surface area contributed by atoms with Crippen molar-refractivity contribution in [2.45, 2.75) is 50.6 Å². The molecule has 4 aliphatic rings. The quantitative estimate of drug-likeness (QED) is 0.755. The first-order chi connectivity index (χ1) is 11.1. The molecule has 4 rings (SSSR count). The van der Waals surface area contributed by atoms with Crippen molar-refractivity contribution in [1.29, 1.82) is 0 Å². The molecule has 1 spiro atoms. The van der Waals surface area contributed by atoms with Crippen LogP contribution in [0.4, 0.5) is 4.79 Å².